The lowest BCUT2D eigenvalue weighted by molar-refractivity contribution is -0.136. The molecule has 1 aliphatic rings. The fourth-order valence-corrected chi connectivity index (χ4v) is 4.18. The molecule has 0 saturated carbocycles. The minimum absolute atomic E-state index is 0.00344. The Hall–Kier alpha value is -3.00. The molecule has 0 bridgehead atoms. The van der Waals surface area contributed by atoms with Crippen LogP contribution in [0.25, 0.3) is 6.08 Å². The van der Waals surface area contributed by atoms with Crippen LogP contribution in [0.1, 0.15) is 28.4 Å². The van der Waals surface area contributed by atoms with Gasteiger partial charge in [0.05, 0.1) is 11.4 Å². The van der Waals surface area contributed by atoms with Gasteiger partial charge < -0.3 is 4.74 Å². The van der Waals surface area contributed by atoms with Gasteiger partial charge in [0.25, 0.3) is 0 Å². The van der Waals surface area contributed by atoms with E-state index in [2.05, 4.69) is 0 Å². The smallest absolute Gasteiger partial charge is 0.331 e. The number of anilines is 1. The minimum atomic E-state index is -3.35. The third-order valence-corrected chi connectivity index (χ3v) is 6.39. The highest BCUT2D eigenvalue weighted by atomic mass is 32.2. The summed E-state index contributed by atoms with van der Waals surface area (Å²) in [5.41, 5.74) is 1.92. The molecule has 0 radical (unpaired) electrons. The van der Waals surface area contributed by atoms with E-state index in [1.165, 1.54) is 34.6 Å². The number of halogens is 1. The number of esters is 1. The normalized spacial score (nSPS) is 13.5. The Kier molecular flexibility index (Phi) is 6.12. The van der Waals surface area contributed by atoms with Gasteiger partial charge in [0.15, 0.2) is 12.4 Å². The minimum Gasteiger partial charge on any atom is -0.454 e. The van der Waals surface area contributed by atoms with Crippen molar-refractivity contribution in [3.63, 3.8) is 0 Å². The van der Waals surface area contributed by atoms with Crippen molar-refractivity contribution in [1.82, 2.24) is 0 Å². The lowest BCUT2D eigenvalue weighted by atomic mass is 10.1. The second-order valence-corrected chi connectivity index (χ2v) is 8.63. The van der Waals surface area contributed by atoms with Crippen molar-refractivity contribution in [2.24, 2.45) is 0 Å². The molecule has 2 aromatic rings. The van der Waals surface area contributed by atoms with Crippen molar-refractivity contribution >= 4 is 33.5 Å². The zero-order valence-electron chi connectivity index (χ0n) is 15.8. The van der Waals surface area contributed by atoms with Crippen molar-refractivity contribution in [3.8, 4) is 0 Å². The number of hydrogen-bond donors (Lipinski definition) is 0. The first-order chi connectivity index (χ1) is 13.8. The van der Waals surface area contributed by atoms with Gasteiger partial charge in [-0.15, -0.1) is 0 Å². The van der Waals surface area contributed by atoms with E-state index in [9.17, 15) is 22.4 Å². The van der Waals surface area contributed by atoms with Crippen molar-refractivity contribution in [3.05, 3.63) is 71.0 Å². The summed E-state index contributed by atoms with van der Waals surface area (Å²) in [7, 11) is -3.35. The molecule has 8 heteroatoms. The Morgan fingerprint density at radius 1 is 1.21 bits per heavy atom. The fourth-order valence-electron chi connectivity index (χ4n) is 3.03. The molecule has 0 aromatic heterocycles. The summed E-state index contributed by atoms with van der Waals surface area (Å²) in [5, 5.41) is 0. The van der Waals surface area contributed by atoms with Crippen LogP contribution in [0, 0.1) is 5.82 Å². The van der Waals surface area contributed by atoms with Crippen LogP contribution in [-0.4, -0.2) is 39.1 Å². The lowest BCUT2D eigenvalue weighted by Gasteiger charge is -2.18. The highest BCUT2D eigenvalue weighted by Gasteiger charge is 2.28. The predicted octanol–water partition coefficient (Wildman–Crippen LogP) is 2.98. The van der Waals surface area contributed by atoms with E-state index in [0.717, 1.165) is 11.6 Å². The molecule has 6 nitrogen and oxygen atoms in total. The molecule has 1 heterocycles. The molecule has 29 heavy (non-hydrogen) atoms. The van der Waals surface area contributed by atoms with Crippen LogP contribution in [0.5, 0.6) is 0 Å². The van der Waals surface area contributed by atoms with Crippen molar-refractivity contribution in [2.75, 3.05) is 23.2 Å². The molecule has 2 aromatic carbocycles. The molecule has 0 saturated heterocycles. The first-order valence-electron chi connectivity index (χ1n) is 9.07. The number of rotatable bonds is 7. The van der Waals surface area contributed by atoms with Gasteiger partial charge in [-0.25, -0.2) is 17.6 Å². The second kappa shape index (κ2) is 8.57. The number of fused-ring (bicyclic) bond motifs is 1. The molecule has 0 spiro atoms. The molecule has 0 unspecified atom stereocenters. The number of ketones is 1. The van der Waals surface area contributed by atoms with Crippen molar-refractivity contribution < 1.29 is 27.1 Å². The van der Waals surface area contributed by atoms with E-state index in [0.29, 0.717) is 24.2 Å². The summed E-state index contributed by atoms with van der Waals surface area (Å²) in [6.07, 6.45) is 2.85. The van der Waals surface area contributed by atoms with E-state index in [-0.39, 0.29) is 11.3 Å². The van der Waals surface area contributed by atoms with Crippen LogP contribution in [0.4, 0.5) is 10.1 Å². The Balaban J connectivity index is 1.62. The molecule has 3 rings (SSSR count). The highest BCUT2D eigenvalue weighted by Crippen LogP contribution is 2.31. The van der Waals surface area contributed by atoms with Crippen LogP contribution in [0.15, 0.2) is 48.5 Å². The Morgan fingerprint density at radius 2 is 1.97 bits per heavy atom. The topological polar surface area (TPSA) is 80.8 Å². The van der Waals surface area contributed by atoms with Crippen LogP contribution in [0.3, 0.4) is 0 Å². The number of sulfonamides is 1. The molecule has 0 N–H and O–H groups in total. The summed E-state index contributed by atoms with van der Waals surface area (Å²) < 4.78 is 44.0. The Morgan fingerprint density at radius 3 is 2.69 bits per heavy atom. The van der Waals surface area contributed by atoms with Crippen molar-refractivity contribution in [1.29, 1.82) is 0 Å². The maximum absolute atomic E-state index is 13.5. The molecule has 0 aliphatic carbocycles. The average molecular weight is 417 g/mol. The zero-order chi connectivity index (χ0) is 21.0. The quantitative estimate of drug-likeness (QED) is 0.393. The molecular formula is C21H20FNO5S. The molecule has 0 atom stereocenters. The Labute approximate surface area is 168 Å². The van der Waals surface area contributed by atoms with E-state index in [4.69, 9.17) is 4.74 Å². The number of hydrogen-bond acceptors (Lipinski definition) is 5. The van der Waals surface area contributed by atoms with Gasteiger partial charge in [-0.2, -0.15) is 0 Å². The van der Waals surface area contributed by atoms with E-state index in [1.807, 2.05) is 0 Å². The van der Waals surface area contributed by atoms with Gasteiger partial charge in [-0.05, 0) is 49.2 Å². The zero-order valence-corrected chi connectivity index (χ0v) is 16.6. The average Bonchev–Trinajstić information content (AvgIpc) is 3.15. The van der Waals surface area contributed by atoms with E-state index in [1.54, 1.807) is 25.1 Å². The first kappa shape index (κ1) is 20.7. The predicted molar refractivity (Wildman–Crippen MR) is 108 cm³/mol. The molecule has 152 valence electrons. The van der Waals surface area contributed by atoms with Crippen LogP contribution in [0.2, 0.25) is 0 Å². The maximum Gasteiger partial charge on any atom is 0.331 e. The third-order valence-electron chi connectivity index (χ3n) is 4.60. The first-order valence-corrected chi connectivity index (χ1v) is 10.7. The van der Waals surface area contributed by atoms with Gasteiger partial charge in [0.1, 0.15) is 5.82 Å². The summed E-state index contributed by atoms with van der Waals surface area (Å²) >= 11 is 0. The van der Waals surface area contributed by atoms with Crippen LogP contribution < -0.4 is 4.31 Å². The van der Waals surface area contributed by atoms with Gasteiger partial charge in [0, 0.05) is 23.7 Å². The monoisotopic (exact) mass is 417 g/mol. The molecule has 1 aliphatic heterocycles. The lowest BCUT2D eigenvalue weighted by Crippen LogP contribution is -2.30. The van der Waals surface area contributed by atoms with E-state index < -0.39 is 34.2 Å². The summed E-state index contributed by atoms with van der Waals surface area (Å²) in [6, 6.07) is 10.7. The number of benzene rings is 2. The molecular weight excluding hydrogens is 397 g/mol. The number of carbonyl (C=O) groups excluding carboxylic acids is 2. The molecule has 0 amide bonds. The van der Waals surface area contributed by atoms with Gasteiger partial charge in [-0.1, -0.05) is 18.2 Å². The van der Waals surface area contributed by atoms with Crippen LogP contribution in [-0.2, 0) is 26.0 Å². The highest BCUT2D eigenvalue weighted by molar-refractivity contribution is 7.92. The van der Waals surface area contributed by atoms with E-state index >= 15 is 0 Å². The maximum atomic E-state index is 13.5. The van der Waals surface area contributed by atoms with Crippen LogP contribution >= 0.6 is 0 Å². The standard InChI is InChI=1S/C21H20FNO5S/c1-2-29(26,27)23-12-11-16-13-17(7-9-19(16)23)20(24)14-28-21(25)10-8-15-5-3-4-6-18(15)22/h3-10,13H,2,11-12,14H2,1H3/b10-8+. The third kappa shape index (κ3) is 4.71. The van der Waals surface area contributed by atoms with Gasteiger partial charge in [0.2, 0.25) is 10.0 Å². The Bertz CT molecular complexity index is 1080. The summed E-state index contributed by atoms with van der Waals surface area (Å²) in [6.45, 7) is 1.47. The molecule has 0 fully saturated rings. The number of nitrogens with zero attached hydrogens (tertiary/aromatic N) is 1. The summed E-state index contributed by atoms with van der Waals surface area (Å²) in [4.78, 5) is 24.1. The largest absolute Gasteiger partial charge is 0.454 e. The van der Waals surface area contributed by atoms with Crippen molar-refractivity contribution in [2.45, 2.75) is 13.3 Å². The summed E-state index contributed by atoms with van der Waals surface area (Å²) in [5.74, 6) is -1.63. The number of Topliss-reactive ketones (excluding diaryl/α,β-unsaturated/α-hetero) is 1. The van der Waals surface area contributed by atoms with Gasteiger partial charge in [-0.3, -0.25) is 9.10 Å². The fraction of sp³-hybridized carbons (Fsp3) is 0.238. The SMILES string of the molecule is CCS(=O)(=O)N1CCc2cc(C(=O)COC(=O)/C=C/c3ccccc3F)ccc21. The second-order valence-electron chi connectivity index (χ2n) is 6.45. The number of carbonyl (C=O) groups is 2. The van der Waals surface area contributed by atoms with Gasteiger partial charge >= 0.3 is 5.97 Å². The number of ether oxygens (including phenoxy) is 1.